The Morgan fingerprint density at radius 3 is 2.90 bits per heavy atom. The highest BCUT2D eigenvalue weighted by Gasteiger charge is 2.31. The molecule has 1 aliphatic heterocycles. The largest absolute Gasteiger partial charge is 0.497 e. The molecule has 1 amide bonds. The van der Waals surface area contributed by atoms with Gasteiger partial charge in [-0.3, -0.25) is 4.79 Å². The van der Waals surface area contributed by atoms with Crippen LogP contribution in [0.2, 0.25) is 0 Å². The highest BCUT2D eigenvalue weighted by atomic mass is 79.9. The van der Waals surface area contributed by atoms with Gasteiger partial charge in [-0.25, -0.2) is 0 Å². The number of hydroxylamine groups is 1. The Morgan fingerprint density at radius 1 is 1.25 bits per heavy atom. The summed E-state index contributed by atoms with van der Waals surface area (Å²) in [6, 6.07) is 13.1. The number of fused-ring (bicyclic) bond motifs is 1. The number of hydrogen-bond donors (Lipinski definition) is 1. The van der Waals surface area contributed by atoms with E-state index in [9.17, 15) is 4.79 Å². The second-order valence-corrected chi connectivity index (χ2v) is 5.38. The van der Waals surface area contributed by atoms with E-state index in [1.165, 1.54) is 0 Å². The number of ether oxygens (including phenoxy) is 1. The molecule has 0 fully saturated rings. The molecule has 102 valence electrons. The lowest BCUT2D eigenvalue weighted by Gasteiger charge is -2.25. The predicted octanol–water partition coefficient (Wildman–Crippen LogP) is 3.01. The van der Waals surface area contributed by atoms with E-state index in [1.54, 1.807) is 7.11 Å². The van der Waals surface area contributed by atoms with Crippen molar-refractivity contribution in [2.75, 3.05) is 7.11 Å². The molecule has 1 unspecified atom stereocenters. The third-order valence-corrected chi connectivity index (χ3v) is 3.73. The van der Waals surface area contributed by atoms with Crippen molar-refractivity contribution >= 4 is 21.8 Å². The van der Waals surface area contributed by atoms with E-state index in [0.29, 0.717) is 5.75 Å². The van der Waals surface area contributed by atoms with Crippen molar-refractivity contribution in [3.63, 3.8) is 0 Å². The maximum atomic E-state index is 12.2. The van der Waals surface area contributed by atoms with Crippen molar-refractivity contribution in [2.45, 2.75) is 5.92 Å². The molecule has 0 bridgehead atoms. The zero-order valence-corrected chi connectivity index (χ0v) is 12.3. The topological polar surface area (TPSA) is 47.6 Å². The van der Waals surface area contributed by atoms with E-state index >= 15 is 0 Å². The number of carbonyl (C=O) groups is 1. The summed E-state index contributed by atoms with van der Waals surface area (Å²) in [6.45, 7) is 0. The normalized spacial score (nSPS) is 16.9. The van der Waals surface area contributed by atoms with Gasteiger partial charge in [-0.15, -0.1) is 0 Å². The maximum Gasteiger partial charge on any atom is 0.264 e. The Kier molecular flexibility index (Phi) is 3.36. The third kappa shape index (κ3) is 2.25. The van der Waals surface area contributed by atoms with Crippen LogP contribution in [0.5, 0.6) is 11.5 Å². The van der Waals surface area contributed by atoms with Crippen LogP contribution >= 0.6 is 15.9 Å². The van der Waals surface area contributed by atoms with Gasteiger partial charge in [-0.05, 0) is 35.9 Å². The standard InChI is InChI=1S/C15H12BrNO3/c1-19-11-4-2-3-9(7-11)14-12-8-10(16)5-6-13(12)20-17-15(14)18/h2-8,14H,1H3,(H,17,18). The quantitative estimate of drug-likeness (QED) is 0.918. The van der Waals surface area contributed by atoms with Gasteiger partial charge < -0.3 is 9.57 Å². The van der Waals surface area contributed by atoms with E-state index in [-0.39, 0.29) is 5.91 Å². The zero-order valence-electron chi connectivity index (χ0n) is 10.7. The zero-order chi connectivity index (χ0) is 14.1. The van der Waals surface area contributed by atoms with Crippen molar-refractivity contribution < 1.29 is 14.4 Å². The van der Waals surface area contributed by atoms with Gasteiger partial charge in [0.1, 0.15) is 5.75 Å². The molecule has 0 aliphatic carbocycles. The van der Waals surface area contributed by atoms with Crippen LogP contribution < -0.4 is 15.1 Å². The molecule has 1 N–H and O–H groups in total. The van der Waals surface area contributed by atoms with E-state index in [4.69, 9.17) is 9.57 Å². The average Bonchev–Trinajstić information content (AvgIpc) is 2.47. The Bertz CT molecular complexity index is 672. The van der Waals surface area contributed by atoms with E-state index in [2.05, 4.69) is 21.4 Å². The number of carbonyl (C=O) groups excluding carboxylic acids is 1. The number of benzene rings is 2. The van der Waals surface area contributed by atoms with Crippen LogP contribution in [0.4, 0.5) is 0 Å². The Balaban J connectivity index is 2.12. The molecule has 4 nitrogen and oxygen atoms in total. The summed E-state index contributed by atoms with van der Waals surface area (Å²) in [7, 11) is 1.60. The van der Waals surface area contributed by atoms with Crippen LogP contribution in [0.3, 0.4) is 0 Å². The first-order valence-corrected chi connectivity index (χ1v) is 6.88. The average molecular weight is 334 g/mol. The molecule has 20 heavy (non-hydrogen) atoms. The number of rotatable bonds is 2. The summed E-state index contributed by atoms with van der Waals surface area (Å²) in [5.41, 5.74) is 4.14. The van der Waals surface area contributed by atoms with Crippen LogP contribution in [0.15, 0.2) is 46.9 Å². The van der Waals surface area contributed by atoms with Crippen LogP contribution in [-0.2, 0) is 4.79 Å². The van der Waals surface area contributed by atoms with Crippen molar-refractivity contribution in [3.8, 4) is 11.5 Å². The fourth-order valence-corrected chi connectivity index (χ4v) is 2.67. The minimum Gasteiger partial charge on any atom is -0.497 e. The number of methoxy groups -OCH3 is 1. The highest BCUT2D eigenvalue weighted by Crippen LogP contribution is 2.37. The number of hydrogen-bond acceptors (Lipinski definition) is 3. The molecule has 0 radical (unpaired) electrons. The van der Waals surface area contributed by atoms with Crippen LogP contribution in [-0.4, -0.2) is 13.0 Å². The molecule has 1 heterocycles. The molecule has 1 atom stereocenters. The molecule has 5 heteroatoms. The van der Waals surface area contributed by atoms with E-state index < -0.39 is 5.92 Å². The van der Waals surface area contributed by atoms with Gasteiger partial charge in [0, 0.05) is 10.0 Å². The van der Waals surface area contributed by atoms with Crippen molar-refractivity contribution in [1.29, 1.82) is 0 Å². The molecule has 0 saturated heterocycles. The monoisotopic (exact) mass is 333 g/mol. The van der Waals surface area contributed by atoms with Crippen molar-refractivity contribution in [3.05, 3.63) is 58.1 Å². The summed E-state index contributed by atoms with van der Waals surface area (Å²) >= 11 is 3.43. The van der Waals surface area contributed by atoms with Gasteiger partial charge in [0.05, 0.1) is 13.0 Å². The van der Waals surface area contributed by atoms with Gasteiger partial charge in [0.15, 0.2) is 5.75 Å². The fraction of sp³-hybridized carbons (Fsp3) is 0.133. The summed E-state index contributed by atoms with van der Waals surface area (Å²) < 4.78 is 6.13. The second-order valence-electron chi connectivity index (χ2n) is 4.46. The SMILES string of the molecule is COc1cccc(C2C(=O)NOc3ccc(Br)cc32)c1. The lowest BCUT2D eigenvalue weighted by Crippen LogP contribution is -2.37. The van der Waals surface area contributed by atoms with Crippen LogP contribution in [0, 0.1) is 0 Å². The molecule has 3 rings (SSSR count). The number of nitrogens with one attached hydrogen (secondary N) is 1. The second kappa shape index (κ2) is 5.17. The van der Waals surface area contributed by atoms with Crippen LogP contribution in [0.25, 0.3) is 0 Å². The third-order valence-electron chi connectivity index (χ3n) is 3.23. The minimum atomic E-state index is -0.411. The first kappa shape index (κ1) is 13.0. The molecule has 2 aromatic carbocycles. The molecule has 0 spiro atoms. The molecule has 1 aliphatic rings. The van der Waals surface area contributed by atoms with Crippen LogP contribution in [0.1, 0.15) is 17.0 Å². The molecular formula is C15H12BrNO3. The Labute approximate surface area is 124 Å². The number of amides is 1. The van der Waals surface area contributed by atoms with E-state index in [1.807, 2.05) is 42.5 Å². The van der Waals surface area contributed by atoms with Gasteiger partial charge >= 0.3 is 0 Å². The van der Waals surface area contributed by atoms with Crippen molar-refractivity contribution in [1.82, 2.24) is 5.48 Å². The van der Waals surface area contributed by atoms with E-state index in [0.717, 1.165) is 21.3 Å². The van der Waals surface area contributed by atoms with Crippen molar-refractivity contribution in [2.24, 2.45) is 0 Å². The smallest absolute Gasteiger partial charge is 0.264 e. The summed E-state index contributed by atoms with van der Waals surface area (Å²) in [4.78, 5) is 17.4. The summed E-state index contributed by atoms with van der Waals surface area (Å²) in [5, 5.41) is 0. The van der Waals surface area contributed by atoms with Gasteiger partial charge in [0.2, 0.25) is 0 Å². The fourth-order valence-electron chi connectivity index (χ4n) is 2.30. The molecular weight excluding hydrogens is 322 g/mol. The lowest BCUT2D eigenvalue weighted by molar-refractivity contribution is -0.129. The lowest BCUT2D eigenvalue weighted by atomic mass is 9.89. The Morgan fingerprint density at radius 2 is 2.10 bits per heavy atom. The molecule has 0 aromatic heterocycles. The Hall–Kier alpha value is -2.01. The highest BCUT2D eigenvalue weighted by molar-refractivity contribution is 9.10. The molecule has 2 aromatic rings. The van der Waals surface area contributed by atoms with Gasteiger partial charge in [-0.2, -0.15) is 5.48 Å². The van der Waals surface area contributed by atoms with Gasteiger partial charge in [0.25, 0.3) is 5.91 Å². The van der Waals surface area contributed by atoms with Gasteiger partial charge in [-0.1, -0.05) is 28.1 Å². The summed E-state index contributed by atoms with van der Waals surface area (Å²) in [6.07, 6.45) is 0. The summed E-state index contributed by atoms with van der Waals surface area (Å²) in [5.74, 6) is 0.772. The minimum absolute atomic E-state index is 0.191. The first-order valence-electron chi connectivity index (χ1n) is 6.09. The molecule has 0 saturated carbocycles. The first-order chi connectivity index (χ1) is 9.69. The maximum absolute atomic E-state index is 12.2. The predicted molar refractivity (Wildman–Crippen MR) is 77.7 cm³/mol. The number of halogens is 1.